The lowest BCUT2D eigenvalue weighted by atomic mass is 9.91. The van der Waals surface area contributed by atoms with E-state index in [4.69, 9.17) is 5.11 Å². The molecule has 0 unspecified atom stereocenters. The average Bonchev–Trinajstić information content (AvgIpc) is 2.71. The summed E-state index contributed by atoms with van der Waals surface area (Å²) in [4.78, 5) is 11.0. The maximum Gasteiger partial charge on any atom is 0.393 e. The van der Waals surface area contributed by atoms with E-state index in [0.717, 1.165) is 0 Å². The van der Waals surface area contributed by atoms with Crippen LogP contribution in [0.4, 0.5) is 13.2 Å². The van der Waals surface area contributed by atoms with Crippen molar-refractivity contribution in [2.75, 3.05) is 18.8 Å². The number of nitrogens with zero attached hydrogens (tertiary/aromatic N) is 1. The van der Waals surface area contributed by atoms with Gasteiger partial charge in [0.05, 0.1) is 17.6 Å². The van der Waals surface area contributed by atoms with Gasteiger partial charge in [-0.1, -0.05) is 20.8 Å². The Hall–Kier alpha value is -0.830. The van der Waals surface area contributed by atoms with Crippen LogP contribution in [0.15, 0.2) is 0 Å². The maximum absolute atomic E-state index is 12.9. The van der Waals surface area contributed by atoms with Crippen molar-refractivity contribution in [3.8, 4) is 0 Å². The second kappa shape index (κ2) is 6.35. The molecule has 1 N–H and O–H groups in total. The molecule has 0 spiro atoms. The molecule has 9 heteroatoms. The summed E-state index contributed by atoms with van der Waals surface area (Å²) in [6, 6.07) is 0. The summed E-state index contributed by atoms with van der Waals surface area (Å²) in [7, 11) is -3.87. The van der Waals surface area contributed by atoms with Gasteiger partial charge in [-0.15, -0.1) is 0 Å². The Morgan fingerprint density at radius 2 is 1.77 bits per heavy atom. The maximum atomic E-state index is 12.9. The van der Waals surface area contributed by atoms with Gasteiger partial charge in [0.25, 0.3) is 0 Å². The minimum atomic E-state index is -4.72. The van der Waals surface area contributed by atoms with Crippen LogP contribution in [0.1, 0.15) is 33.6 Å². The zero-order valence-electron chi connectivity index (χ0n) is 12.9. The molecular formula is C13H22F3NO4S. The summed E-state index contributed by atoms with van der Waals surface area (Å²) < 4.78 is 63.5. The van der Waals surface area contributed by atoms with Gasteiger partial charge in [-0.3, -0.25) is 4.79 Å². The molecule has 1 saturated heterocycles. The number of hydrogen-bond donors (Lipinski definition) is 1. The first-order valence-corrected chi connectivity index (χ1v) is 8.62. The molecule has 0 aliphatic carbocycles. The van der Waals surface area contributed by atoms with Crippen LogP contribution in [0, 0.1) is 17.3 Å². The molecule has 0 radical (unpaired) electrons. The second-order valence-corrected chi connectivity index (χ2v) is 8.98. The molecule has 5 nitrogen and oxygen atoms in total. The van der Waals surface area contributed by atoms with Gasteiger partial charge in [0, 0.05) is 13.1 Å². The molecular weight excluding hydrogens is 323 g/mol. The van der Waals surface area contributed by atoms with Crippen molar-refractivity contribution >= 4 is 16.0 Å². The Morgan fingerprint density at radius 1 is 1.23 bits per heavy atom. The van der Waals surface area contributed by atoms with E-state index >= 15 is 0 Å². The van der Waals surface area contributed by atoms with E-state index in [9.17, 15) is 26.4 Å². The van der Waals surface area contributed by atoms with Crippen LogP contribution in [0.3, 0.4) is 0 Å². The summed E-state index contributed by atoms with van der Waals surface area (Å²) in [5.41, 5.74) is -0.0708. The van der Waals surface area contributed by atoms with Gasteiger partial charge in [-0.2, -0.15) is 13.2 Å². The minimum absolute atomic E-state index is 0.0708. The molecule has 0 aromatic heterocycles. The minimum Gasteiger partial charge on any atom is -0.481 e. The third kappa shape index (κ3) is 5.12. The number of alkyl halides is 3. The molecule has 1 aliphatic rings. The van der Waals surface area contributed by atoms with Gasteiger partial charge in [-0.25, -0.2) is 12.7 Å². The number of carboxylic acids is 1. The Balaban J connectivity index is 2.79. The van der Waals surface area contributed by atoms with Crippen LogP contribution in [-0.2, 0) is 14.8 Å². The van der Waals surface area contributed by atoms with Crippen molar-refractivity contribution in [2.24, 2.45) is 17.3 Å². The fourth-order valence-electron chi connectivity index (χ4n) is 2.49. The quantitative estimate of drug-likeness (QED) is 0.830. The van der Waals surface area contributed by atoms with Crippen LogP contribution in [-0.4, -0.2) is 48.8 Å². The SMILES string of the molecule is CC(C)(C)CCCS(=O)(=O)N1C[C@@H](C(F)(F)F)[C@H](C(=O)O)C1. The van der Waals surface area contributed by atoms with Gasteiger partial charge in [0.1, 0.15) is 0 Å². The molecule has 1 rings (SSSR count). The van der Waals surface area contributed by atoms with Crippen molar-refractivity contribution < 1.29 is 31.5 Å². The van der Waals surface area contributed by atoms with Gasteiger partial charge in [-0.05, 0) is 18.3 Å². The van der Waals surface area contributed by atoms with Crippen molar-refractivity contribution in [3.05, 3.63) is 0 Å². The third-order valence-corrected chi connectivity index (χ3v) is 5.64. The van der Waals surface area contributed by atoms with E-state index in [-0.39, 0.29) is 11.2 Å². The lowest BCUT2D eigenvalue weighted by molar-refractivity contribution is -0.187. The van der Waals surface area contributed by atoms with Gasteiger partial charge >= 0.3 is 12.1 Å². The van der Waals surface area contributed by atoms with Gasteiger partial charge < -0.3 is 5.11 Å². The van der Waals surface area contributed by atoms with Crippen LogP contribution in [0.5, 0.6) is 0 Å². The summed E-state index contributed by atoms with van der Waals surface area (Å²) in [6.07, 6.45) is -3.78. The first-order chi connectivity index (χ1) is 9.74. The smallest absolute Gasteiger partial charge is 0.393 e. The van der Waals surface area contributed by atoms with E-state index in [2.05, 4.69) is 0 Å². The van der Waals surface area contributed by atoms with Gasteiger partial charge in [0.2, 0.25) is 10.0 Å². The highest BCUT2D eigenvalue weighted by molar-refractivity contribution is 7.89. The van der Waals surface area contributed by atoms with Crippen molar-refractivity contribution in [2.45, 2.75) is 39.8 Å². The molecule has 0 aromatic rings. The Labute approximate surface area is 128 Å². The zero-order chi connectivity index (χ0) is 17.3. The topological polar surface area (TPSA) is 74.7 Å². The number of sulfonamides is 1. The monoisotopic (exact) mass is 345 g/mol. The lowest BCUT2D eigenvalue weighted by Gasteiger charge is -2.20. The molecule has 1 fully saturated rings. The number of halogens is 3. The van der Waals surface area contributed by atoms with E-state index in [1.807, 2.05) is 20.8 Å². The number of carbonyl (C=O) groups is 1. The fourth-order valence-corrected chi connectivity index (χ4v) is 4.03. The molecule has 22 heavy (non-hydrogen) atoms. The Kier molecular flexibility index (Phi) is 5.55. The molecule has 2 atom stereocenters. The Morgan fingerprint density at radius 3 is 2.14 bits per heavy atom. The van der Waals surface area contributed by atoms with Crippen LogP contribution < -0.4 is 0 Å². The van der Waals surface area contributed by atoms with Crippen LogP contribution >= 0.6 is 0 Å². The van der Waals surface area contributed by atoms with E-state index in [0.29, 0.717) is 17.1 Å². The largest absolute Gasteiger partial charge is 0.481 e. The van der Waals surface area contributed by atoms with Crippen molar-refractivity contribution in [3.63, 3.8) is 0 Å². The average molecular weight is 345 g/mol. The molecule has 0 bridgehead atoms. The lowest BCUT2D eigenvalue weighted by Crippen LogP contribution is -2.34. The highest BCUT2D eigenvalue weighted by atomic mass is 32.2. The summed E-state index contributed by atoms with van der Waals surface area (Å²) in [5, 5.41) is 8.89. The molecule has 1 aliphatic heterocycles. The summed E-state index contributed by atoms with van der Waals surface area (Å²) >= 11 is 0. The number of carboxylic acid groups (broad SMARTS) is 1. The fraction of sp³-hybridized carbons (Fsp3) is 0.923. The number of hydrogen-bond acceptors (Lipinski definition) is 3. The van der Waals surface area contributed by atoms with E-state index < -0.39 is 47.1 Å². The molecule has 0 amide bonds. The highest BCUT2D eigenvalue weighted by Crippen LogP contribution is 2.38. The molecule has 0 aromatic carbocycles. The second-order valence-electron chi connectivity index (χ2n) is 6.89. The molecule has 0 saturated carbocycles. The molecule has 130 valence electrons. The predicted molar refractivity (Wildman–Crippen MR) is 74.7 cm³/mol. The van der Waals surface area contributed by atoms with Crippen molar-refractivity contribution in [1.82, 2.24) is 4.31 Å². The van der Waals surface area contributed by atoms with Crippen LogP contribution in [0.25, 0.3) is 0 Å². The third-order valence-electron chi connectivity index (χ3n) is 3.75. The van der Waals surface area contributed by atoms with Crippen LogP contribution in [0.2, 0.25) is 0 Å². The first-order valence-electron chi connectivity index (χ1n) is 7.01. The highest BCUT2D eigenvalue weighted by Gasteiger charge is 2.54. The zero-order valence-corrected chi connectivity index (χ0v) is 13.7. The summed E-state index contributed by atoms with van der Waals surface area (Å²) in [6.45, 7) is 4.40. The molecule has 1 heterocycles. The number of aliphatic carboxylic acids is 1. The Bertz CT molecular complexity index is 510. The van der Waals surface area contributed by atoms with E-state index in [1.54, 1.807) is 0 Å². The normalized spacial score (nSPS) is 24.6. The number of rotatable bonds is 5. The van der Waals surface area contributed by atoms with Gasteiger partial charge in [0.15, 0.2) is 0 Å². The predicted octanol–water partition coefficient (Wildman–Crippen LogP) is 2.34. The van der Waals surface area contributed by atoms with E-state index in [1.165, 1.54) is 0 Å². The van der Waals surface area contributed by atoms with Crippen molar-refractivity contribution in [1.29, 1.82) is 0 Å². The summed E-state index contributed by atoms with van der Waals surface area (Å²) in [5.74, 6) is -5.77. The standard InChI is InChI=1S/C13H22F3NO4S/c1-12(2,3)5-4-6-22(20,21)17-7-9(11(18)19)10(8-17)13(14,15)16/h9-10H,4-8H2,1-3H3,(H,18,19)/t9-,10-/m1/s1. The first kappa shape index (κ1) is 19.2.